The van der Waals surface area contributed by atoms with Gasteiger partial charge in [0.25, 0.3) is 0 Å². The van der Waals surface area contributed by atoms with Crippen molar-refractivity contribution in [3.8, 4) is 0 Å². The standard InChI is InChI=1S/C14H16N4O2S3/c1-18(2)23(19,20)13-7-3-5-11(9-13)16-14(21)17-15-10-12-6-4-8-22-12/h3-10H,1-2H3,(H2,16,17,21)/b15-10+. The van der Waals surface area contributed by atoms with E-state index in [2.05, 4.69) is 15.8 Å². The molecule has 0 spiro atoms. The van der Waals surface area contributed by atoms with Gasteiger partial charge in [-0.3, -0.25) is 5.43 Å². The average Bonchev–Trinajstić information content (AvgIpc) is 3.00. The maximum absolute atomic E-state index is 12.1. The number of anilines is 1. The lowest BCUT2D eigenvalue weighted by Gasteiger charge is -2.13. The normalized spacial score (nSPS) is 11.8. The fourth-order valence-electron chi connectivity index (χ4n) is 1.62. The van der Waals surface area contributed by atoms with E-state index < -0.39 is 10.0 Å². The van der Waals surface area contributed by atoms with Crippen LogP contribution in [0.4, 0.5) is 5.69 Å². The highest BCUT2D eigenvalue weighted by molar-refractivity contribution is 7.89. The summed E-state index contributed by atoms with van der Waals surface area (Å²) in [5.74, 6) is 0. The lowest BCUT2D eigenvalue weighted by atomic mass is 10.3. The van der Waals surface area contributed by atoms with Gasteiger partial charge in [0.1, 0.15) is 0 Å². The Bertz CT molecular complexity index is 799. The SMILES string of the molecule is CN(C)S(=O)(=O)c1cccc(NC(=S)N/N=C/c2cccs2)c1. The van der Waals surface area contributed by atoms with Gasteiger partial charge in [0.15, 0.2) is 5.11 Å². The number of hydrogen-bond donors (Lipinski definition) is 2. The molecule has 0 bridgehead atoms. The molecule has 0 saturated carbocycles. The summed E-state index contributed by atoms with van der Waals surface area (Å²) in [6, 6.07) is 10.3. The van der Waals surface area contributed by atoms with Crippen molar-refractivity contribution in [1.82, 2.24) is 9.73 Å². The molecule has 0 fully saturated rings. The predicted octanol–water partition coefficient (Wildman–Crippen LogP) is 2.32. The van der Waals surface area contributed by atoms with E-state index in [1.165, 1.54) is 26.2 Å². The Morgan fingerprint density at radius 1 is 1.30 bits per heavy atom. The molecule has 1 aromatic heterocycles. The molecular weight excluding hydrogens is 352 g/mol. The third kappa shape index (κ3) is 4.83. The molecule has 23 heavy (non-hydrogen) atoms. The fraction of sp³-hybridized carbons (Fsp3) is 0.143. The van der Waals surface area contributed by atoms with E-state index in [0.717, 1.165) is 9.18 Å². The molecule has 1 aromatic carbocycles. The number of nitrogens with zero attached hydrogens (tertiary/aromatic N) is 2. The van der Waals surface area contributed by atoms with Crippen LogP contribution in [0.5, 0.6) is 0 Å². The first-order chi connectivity index (χ1) is 10.9. The van der Waals surface area contributed by atoms with Crippen LogP contribution in [-0.2, 0) is 10.0 Å². The van der Waals surface area contributed by atoms with Gasteiger partial charge < -0.3 is 5.32 Å². The van der Waals surface area contributed by atoms with Crippen LogP contribution in [0, 0.1) is 0 Å². The molecule has 0 aliphatic heterocycles. The summed E-state index contributed by atoms with van der Waals surface area (Å²) < 4.78 is 25.4. The molecule has 9 heteroatoms. The van der Waals surface area contributed by atoms with Crippen LogP contribution in [-0.4, -0.2) is 38.1 Å². The minimum atomic E-state index is -3.48. The zero-order valence-electron chi connectivity index (χ0n) is 12.6. The van der Waals surface area contributed by atoms with Gasteiger partial charge in [-0.15, -0.1) is 11.3 Å². The molecule has 0 aliphatic rings. The molecule has 0 amide bonds. The number of benzene rings is 1. The largest absolute Gasteiger partial charge is 0.331 e. The van der Waals surface area contributed by atoms with E-state index in [9.17, 15) is 8.42 Å². The van der Waals surface area contributed by atoms with Gasteiger partial charge in [-0.1, -0.05) is 12.1 Å². The van der Waals surface area contributed by atoms with E-state index in [0.29, 0.717) is 5.69 Å². The Kier molecular flexibility index (Phi) is 5.83. The second-order valence-corrected chi connectivity index (χ2v) is 8.19. The molecule has 2 aromatic rings. The number of nitrogens with one attached hydrogen (secondary N) is 2. The lowest BCUT2D eigenvalue weighted by molar-refractivity contribution is 0.521. The second kappa shape index (κ2) is 7.64. The van der Waals surface area contributed by atoms with E-state index in [1.807, 2.05) is 17.5 Å². The minimum Gasteiger partial charge on any atom is -0.331 e. The maximum Gasteiger partial charge on any atom is 0.242 e. The van der Waals surface area contributed by atoms with Gasteiger partial charge in [0.2, 0.25) is 10.0 Å². The third-order valence-electron chi connectivity index (χ3n) is 2.77. The second-order valence-electron chi connectivity index (χ2n) is 4.65. The monoisotopic (exact) mass is 368 g/mol. The number of sulfonamides is 1. The highest BCUT2D eigenvalue weighted by Crippen LogP contribution is 2.17. The van der Waals surface area contributed by atoms with Crippen molar-refractivity contribution in [2.24, 2.45) is 5.10 Å². The number of hydrogen-bond acceptors (Lipinski definition) is 5. The number of rotatable bonds is 5. The number of thiocarbonyl (C=S) groups is 1. The van der Waals surface area contributed by atoms with Crippen LogP contribution >= 0.6 is 23.6 Å². The van der Waals surface area contributed by atoms with Crippen molar-refractivity contribution < 1.29 is 8.42 Å². The minimum absolute atomic E-state index is 0.192. The Morgan fingerprint density at radius 3 is 2.74 bits per heavy atom. The summed E-state index contributed by atoms with van der Waals surface area (Å²) in [6.07, 6.45) is 1.66. The van der Waals surface area contributed by atoms with Crippen LogP contribution < -0.4 is 10.7 Å². The summed E-state index contributed by atoms with van der Waals surface area (Å²) >= 11 is 6.69. The fourth-order valence-corrected chi connectivity index (χ4v) is 3.33. The summed E-state index contributed by atoms with van der Waals surface area (Å²) in [7, 11) is -0.506. The zero-order valence-corrected chi connectivity index (χ0v) is 15.0. The summed E-state index contributed by atoms with van der Waals surface area (Å²) in [4.78, 5) is 1.19. The molecule has 122 valence electrons. The Hall–Kier alpha value is -1.81. The van der Waals surface area contributed by atoms with E-state index in [-0.39, 0.29) is 10.0 Å². The highest BCUT2D eigenvalue weighted by Gasteiger charge is 2.17. The Labute approximate surface area is 144 Å². The predicted molar refractivity (Wildman–Crippen MR) is 98.6 cm³/mol. The van der Waals surface area contributed by atoms with Gasteiger partial charge in [-0.2, -0.15) is 5.10 Å². The van der Waals surface area contributed by atoms with Crippen molar-refractivity contribution in [1.29, 1.82) is 0 Å². The number of thiophene rings is 1. The van der Waals surface area contributed by atoms with Gasteiger partial charge in [0, 0.05) is 24.7 Å². The van der Waals surface area contributed by atoms with E-state index in [4.69, 9.17) is 12.2 Å². The Morgan fingerprint density at radius 2 is 2.09 bits per heavy atom. The van der Waals surface area contributed by atoms with Gasteiger partial charge in [-0.25, -0.2) is 12.7 Å². The quantitative estimate of drug-likeness (QED) is 0.481. The molecular formula is C14H16N4O2S3. The molecule has 0 saturated heterocycles. The lowest BCUT2D eigenvalue weighted by Crippen LogP contribution is -2.25. The van der Waals surface area contributed by atoms with Crippen LogP contribution in [0.3, 0.4) is 0 Å². The summed E-state index contributed by atoms with van der Waals surface area (Å²) in [5.41, 5.74) is 3.25. The van der Waals surface area contributed by atoms with Crippen LogP contribution in [0.1, 0.15) is 4.88 Å². The van der Waals surface area contributed by atoms with E-state index >= 15 is 0 Å². The average molecular weight is 369 g/mol. The first-order valence-electron chi connectivity index (χ1n) is 6.56. The molecule has 0 atom stereocenters. The molecule has 0 unspecified atom stereocenters. The molecule has 0 aliphatic carbocycles. The molecule has 0 radical (unpaired) electrons. The third-order valence-corrected chi connectivity index (χ3v) is 5.58. The topological polar surface area (TPSA) is 73.8 Å². The summed E-state index contributed by atoms with van der Waals surface area (Å²) in [6.45, 7) is 0. The van der Waals surface area contributed by atoms with Crippen molar-refractivity contribution in [3.05, 3.63) is 46.7 Å². The number of hydrazone groups is 1. The Balaban J connectivity index is 2.01. The molecule has 2 N–H and O–H groups in total. The van der Waals surface area contributed by atoms with Gasteiger partial charge in [0.05, 0.1) is 11.1 Å². The molecule has 2 rings (SSSR count). The highest BCUT2D eigenvalue weighted by atomic mass is 32.2. The van der Waals surface area contributed by atoms with E-state index in [1.54, 1.807) is 29.7 Å². The molecule has 1 heterocycles. The molecule has 6 nitrogen and oxygen atoms in total. The van der Waals surface area contributed by atoms with Crippen LogP contribution in [0.15, 0.2) is 51.8 Å². The van der Waals surface area contributed by atoms with Crippen molar-refractivity contribution in [2.75, 3.05) is 19.4 Å². The van der Waals surface area contributed by atoms with Crippen molar-refractivity contribution in [2.45, 2.75) is 4.90 Å². The summed E-state index contributed by atoms with van der Waals surface area (Å²) in [5, 5.41) is 9.14. The smallest absolute Gasteiger partial charge is 0.242 e. The first kappa shape index (κ1) is 17.5. The van der Waals surface area contributed by atoms with Gasteiger partial charge in [-0.05, 0) is 41.9 Å². The first-order valence-corrected chi connectivity index (χ1v) is 9.28. The van der Waals surface area contributed by atoms with Crippen LogP contribution in [0.2, 0.25) is 0 Å². The van der Waals surface area contributed by atoms with Crippen LogP contribution in [0.25, 0.3) is 0 Å². The van der Waals surface area contributed by atoms with Crippen molar-refractivity contribution in [3.63, 3.8) is 0 Å². The van der Waals surface area contributed by atoms with Crippen molar-refractivity contribution >= 4 is 50.6 Å². The van der Waals surface area contributed by atoms with Gasteiger partial charge >= 0.3 is 0 Å². The maximum atomic E-state index is 12.1. The zero-order chi connectivity index (χ0) is 16.9.